The van der Waals surface area contributed by atoms with Gasteiger partial charge in [-0.05, 0) is 17.7 Å². The first-order valence-corrected chi connectivity index (χ1v) is 5.98. The van der Waals surface area contributed by atoms with Gasteiger partial charge in [-0.2, -0.15) is 0 Å². The molecular formula is C15H12N2O4. The lowest BCUT2D eigenvalue weighted by Crippen LogP contribution is -2.21. The van der Waals surface area contributed by atoms with Crippen LogP contribution in [0.3, 0.4) is 0 Å². The molecule has 6 nitrogen and oxygen atoms in total. The molecule has 0 atom stereocenters. The van der Waals surface area contributed by atoms with Crippen LogP contribution in [0.4, 0.5) is 0 Å². The minimum atomic E-state index is -1.36. The van der Waals surface area contributed by atoms with E-state index in [9.17, 15) is 19.5 Å². The summed E-state index contributed by atoms with van der Waals surface area (Å²) in [5.74, 6) is -3.03. The van der Waals surface area contributed by atoms with Gasteiger partial charge in [0.15, 0.2) is 0 Å². The molecule has 2 aromatic carbocycles. The maximum atomic E-state index is 11.6. The molecule has 2 rings (SSSR count). The maximum absolute atomic E-state index is 11.6. The van der Waals surface area contributed by atoms with Crippen molar-refractivity contribution in [3.8, 4) is 11.1 Å². The molecule has 106 valence electrons. The van der Waals surface area contributed by atoms with Crippen molar-refractivity contribution in [2.24, 2.45) is 11.5 Å². The zero-order chi connectivity index (χ0) is 15.6. The van der Waals surface area contributed by atoms with Crippen molar-refractivity contribution < 1.29 is 19.5 Å². The van der Waals surface area contributed by atoms with E-state index in [0.717, 1.165) is 0 Å². The predicted molar refractivity (Wildman–Crippen MR) is 75.9 cm³/mol. The van der Waals surface area contributed by atoms with Crippen LogP contribution in [-0.2, 0) is 0 Å². The molecule has 0 bridgehead atoms. The van der Waals surface area contributed by atoms with Crippen molar-refractivity contribution in [1.82, 2.24) is 0 Å². The van der Waals surface area contributed by atoms with Crippen LogP contribution >= 0.6 is 0 Å². The van der Waals surface area contributed by atoms with Gasteiger partial charge in [-0.1, -0.05) is 30.3 Å². The van der Waals surface area contributed by atoms with Gasteiger partial charge in [0.25, 0.3) is 0 Å². The number of carboxylic acids is 1. The summed E-state index contributed by atoms with van der Waals surface area (Å²) in [5.41, 5.74) is 10.6. The van der Waals surface area contributed by atoms with Crippen LogP contribution in [0.15, 0.2) is 42.5 Å². The van der Waals surface area contributed by atoms with Gasteiger partial charge in [0.05, 0.1) is 11.1 Å². The Morgan fingerprint density at radius 1 is 0.810 bits per heavy atom. The van der Waals surface area contributed by atoms with E-state index in [1.54, 1.807) is 30.3 Å². The van der Waals surface area contributed by atoms with E-state index in [2.05, 4.69) is 0 Å². The van der Waals surface area contributed by atoms with E-state index in [1.807, 2.05) is 0 Å². The lowest BCUT2D eigenvalue weighted by molar-refractivity contribution is 0.0693. The molecule has 21 heavy (non-hydrogen) atoms. The fraction of sp³-hybridized carbons (Fsp3) is 0. The number of hydrogen-bond donors (Lipinski definition) is 3. The number of benzene rings is 2. The second-order valence-electron chi connectivity index (χ2n) is 4.31. The Labute approximate surface area is 120 Å². The molecule has 0 saturated heterocycles. The standard InChI is InChI=1S/C15H12N2O4/c16-13(18)9-6-7-10(14(17)19)12(15(20)21)11(9)8-4-2-1-3-5-8/h1-7H,(H2,16,18)(H2,17,19)(H,20,21). The fourth-order valence-electron chi connectivity index (χ4n) is 2.14. The zero-order valence-electron chi connectivity index (χ0n) is 10.9. The molecule has 5 N–H and O–H groups in total. The Morgan fingerprint density at radius 2 is 1.33 bits per heavy atom. The highest BCUT2D eigenvalue weighted by Gasteiger charge is 2.24. The number of aromatic carboxylic acids is 1. The van der Waals surface area contributed by atoms with Crippen molar-refractivity contribution in [2.45, 2.75) is 0 Å². The average molecular weight is 284 g/mol. The number of hydrogen-bond acceptors (Lipinski definition) is 3. The molecule has 0 saturated carbocycles. The van der Waals surface area contributed by atoms with Crippen molar-refractivity contribution in [3.05, 3.63) is 59.2 Å². The van der Waals surface area contributed by atoms with Gasteiger partial charge in [-0.15, -0.1) is 0 Å². The van der Waals surface area contributed by atoms with Gasteiger partial charge in [0.2, 0.25) is 11.8 Å². The van der Waals surface area contributed by atoms with Crippen LogP contribution in [0.2, 0.25) is 0 Å². The maximum Gasteiger partial charge on any atom is 0.337 e. The quantitative estimate of drug-likeness (QED) is 0.781. The summed E-state index contributed by atoms with van der Waals surface area (Å²) in [4.78, 5) is 34.5. The van der Waals surface area contributed by atoms with E-state index in [4.69, 9.17) is 11.5 Å². The normalized spacial score (nSPS) is 10.1. The Morgan fingerprint density at radius 3 is 1.81 bits per heavy atom. The third-order valence-electron chi connectivity index (χ3n) is 3.01. The second kappa shape index (κ2) is 5.46. The van der Waals surface area contributed by atoms with Gasteiger partial charge in [-0.25, -0.2) is 4.79 Å². The first kappa shape index (κ1) is 14.3. The molecular weight excluding hydrogens is 272 g/mol. The molecule has 0 heterocycles. The molecule has 2 amide bonds. The predicted octanol–water partition coefficient (Wildman–Crippen LogP) is 1.25. The number of carboxylic acid groups (broad SMARTS) is 1. The fourth-order valence-corrected chi connectivity index (χ4v) is 2.14. The molecule has 0 aliphatic rings. The number of primary amides is 2. The molecule has 0 aliphatic heterocycles. The van der Waals surface area contributed by atoms with Gasteiger partial charge < -0.3 is 16.6 Å². The Hall–Kier alpha value is -3.15. The monoisotopic (exact) mass is 284 g/mol. The minimum absolute atomic E-state index is 0.0172. The summed E-state index contributed by atoms with van der Waals surface area (Å²) >= 11 is 0. The summed E-state index contributed by atoms with van der Waals surface area (Å²) in [6, 6.07) is 10.9. The lowest BCUT2D eigenvalue weighted by atomic mass is 9.90. The van der Waals surface area contributed by atoms with E-state index in [-0.39, 0.29) is 22.3 Å². The third kappa shape index (κ3) is 2.59. The average Bonchev–Trinajstić information content (AvgIpc) is 2.46. The number of carbonyl (C=O) groups excluding carboxylic acids is 2. The summed E-state index contributed by atoms with van der Waals surface area (Å²) in [5, 5.41) is 9.40. The van der Waals surface area contributed by atoms with Gasteiger partial charge in [0.1, 0.15) is 0 Å². The van der Waals surface area contributed by atoms with Gasteiger partial charge >= 0.3 is 5.97 Å². The van der Waals surface area contributed by atoms with Crippen molar-refractivity contribution >= 4 is 17.8 Å². The van der Waals surface area contributed by atoms with Crippen molar-refractivity contribution in [3.63, 3.8) is 0 Å². The Bertz CT molecular complexity index is 739. The topological polar surface area (TPSA) is 123 Å². The van der Waals surface area contributed by atoms with Crippen LogP contribution in [0.1, 0.15) is 31.1 Å². The SMILES string of the molecule is NC(=O)c1ccc(C(N)=O)c(-c2ccccc2)c1C(=O)O. The molecule has 0 aromatic heterocycles. The Kier molecular flexibility index (Phi) is 3.71. The van der Waals surface area contributed by atoms with Crippen LogP contribution < -0.4 is 11.5 Å². The Balaban J connectivity index is 2.92. The molecule has 0 radical (unpaired) electrons. The highest BCUT2D eigenvalue weighted by Crippen LogP contribution is 2.30. The van der Waals surface area contributed by atoms with Gasteiger partial charge in [0, 0.05) is 11.1 Å². The number of amides is 2. The molecule has 0 spiro atoms. The van der Waals surface area contributed by atoms with Crippen molar-refractivity contribution in [2.75, 3.05) is 0 Å². The van der Waals surface area contributed by atoms with E-state index in [1.165, 1.54) is 12.1 Å². The van der Waals surface area contributed by atoms with Gasteiger partial charge in [-0.3, -0.25) is 9.59 Å². The van der Waals surface area contributed by atoms with Crippen molar-refractivity contribution in [1.29, 1.82) is 0 Å². The summed E-state index contributed by atoms with van der Waals surface area (Å²) < 4.78 is 0. The number of nitrogens with two attached hydrogens (primary N) is 2. The van der Waals surface area contributed by atoms with Crippen LogP contribution in [-0.4, -0.2) is 22.9 Å². The molecule has 0 aliphatic carbocycles. The highest BCUT2D eigenvalue weighted by molar-refractivity contribution is 6.13. The number of rotatable bonds is 4. The van der Waals surface area contributed by atoms with Crippen LogP contribution in [0.5, 0.6) is 0 Å². The highest BCUT2D eigenvalue weighted by atomic mass is 16.4. The van der Waals surface area contributed by atoms with E-state index >= 15 is 0 Å². The summed E-state index contributed by atoms with van der Waals surface area (Å²) in [6.07, 6.45) is 0. The summed E-state index contributed by atoms with van der Waals surface area (Å²) in [6.45, 7) is 0. The molecule has 0 unspecified atom stereocenters. The number of carbonyl (C=O) groups is 3. The first-order valence-electron chi connectivity index (χ1n) is 5.98. The second-order valence-corrected chi connectivity index (χ2v) is 4.31. The third-order valence-corrected chi connectivity index (χ3v) is 3.01. The van der Waals surface area contributed by atoms with E-state index < -0.39 is 17.8 Å². The molecule has 6 heteroatoms. The minimum Gasteiger partial charge on any atom is -0.478 e. The molecule has 0 fully saturated rings. The summed E-state index contributed by atoms with van der Waals surface area (Å²) in [7, 11) is 0. The first-order chi connectivity index (χ1) is 9.93. The zero-order valence-corrected chi connectivity index (χ0v) is 10.9. The van der Waals surface area contributed by atoms with Crippen LogP contribution in [0, 0.1) is 0 Å². The smallest absolute Gasteiger partial charge is 0.337 e. The molecule has 2 aromatic rings. The lowest BCUT2D eigenvalue weighted by Gasteiger charge is -2.13. The van der Waals surface area contributed by atoms with E-state index in [0.29, 0.717) is 5.56 Å². The largest absolute Gasteiger partial charge is 0.478 e. The van der Waals surface area contributed by atoms with Crippen LogP contribution in [0.25, 0.3) is 11.1 Å².